The van der Waals surface area contributed by atoms with Gasteiger partial charge in [-0.1, -0.05) is 176 Å². The van der Waals surface area contributed by atoms with Crippen LogP contribution >= 0.6 is 11.8 Å². The van der Waals surface area contributed by atoms with Crippen LogP contribution in [0.4, 0.5) is 0 Å². The number of hydrogen-bond donors (Lipinski definition) is 0. The maximum absolute atomic E-state index is 5.32. The first-order valence-electron chi connectivity index (χ1n) is 21.1. The second-order valence-corrected chi connectivity index (χ2v) is 17.4. The van der Waals surface area contributed by atoms with E-state index < -0.39 is 5.41 Å². The van der Waals surface area contributed by atoms with E-state index in [1.54, 1.807) is 0 Å². The summed E-state index contributed by atoms with van der Waals surface area (Å²) in [6.45, 7) is 0. The Bertz CT molecular complexity index is 3460. The lowest BCUT2D eigenvalue weighted by Gasteiger charge is -2.39. The highest BCUT2D eigenvalue weighted by molar-refractivity contribution is 7.99. The summed E-state index contributed by atoms with van der Waals surface area (Å²) in [5.41, 5.74) is 15.2. The van der Waals surface area contributed by atoms with Gasteiger partial charge in [0.05, 0.1) is 33.5 Å². The smallest absolute Gasteiger partial charge is 0.160 e. The Morgan fingerprint density at radius 2 is 1.18 bits per heavy atom. The molecule has 1 atom stereocenters. The Hall–Kier alpha value is -7.27. The zero-order valence-corrected chi connectivity index (χ0v) is 34.0. The molecule has 13 rings (SSSR count). The van der Waals surface area contributed by atoms with Gasteiger partial charge in [-0.3, -0.25) is 0 Å². The highest BCUT2D eigenvalue weighted by Crippen LogP contribution is 2.62. The molecule has 61 heavy (non-hydrogen) atoms. The van der Waals surface area contributed by atoms with E-state index in [-0.39, 0.29) is 5.92 Å². The molecule has 8 aromatic carbocycles. The number of aromatic nitrogens is 3. The topological polar surface area (TPSA) is 30.7 Å². The third kappa shape index (κ3) is 5.00. The van der Waals surface area contributed by atoms with Gasteiger partial charge in [0.25, 0.3) is 0 Å². The van der Waals surface area contributed by atoms with Gasteiger partial charge in [0, 0.05) is 43.0 Å². The maximum atomic E-state index is 5.32. The molecule has 1 spiro atoms. The van der Waals surface area contributed by atoms with Crippen LogP contribution in [0, 0.1) is 0 Å². The Morgan fingerprint density at radius 3 is 1.97 bits per heavy atom. The van der Waals surface area contributed by atoms with Gasteiger partial charge in [-0.2, -0.15) is 0 Å². The second-order valence-electron chi connectivity index (χ2n) is 16.4. The van der Waals surface area contributed by atoms with Crippen molar-refractivity contribution in [2.24, 2.45) is 0 Å². The van der Waals surface area contributed by atoms with E-state index in [4.69, 9.17) is 9.97 Å². The molecule has 2 aliphatic carbocycles. The van der Waals surface area contributed by atoms with Crippen molar-refractivity contribution in [3.05, 3.63) is 234 Å². The van der Waals surface area contributed by atoms with Crippen LogP contribution in [-0.4, -0.2) is 14.5 Å². The van der Waals surface area contributed by atoms with E-state index in [0.717, 1.165) is 51.2 Å². The first-order chi connectivity index (χ1) is 30.3. The summed E-state index contributed by atoms with van der Waals surface area (Å²) in [5, 5.41) is 4.77. The Balaban J connectivity index is 1.06. The average molecular weight is 796 g/mol. The molecule has 286 valence electrons. The zero-order chi connectivity index (χ0) is 40.1. The molecule has 0 saturated carbocycles. The molecule has 4 heteroatoms. The van der Waals surface area contributed by atoms with Crippen LogP contribution in [-0.2, 0) is 5.41 Å². The first-order valence-corrected chi connectivity index (χ1v) is 21.9. The van der Waals surface area contributed by atoms with Crippen LogP contribution in [0.5, 0.6) is 0 Å². The van der Waals surface area contributed by atoms with Crippen LogP contribution in [0.2, 0.25) is 0 Å². The summed E-state index contributed by atoms with van der Waals surface area (Å²) in [7, 11) is 0. The molecule has 3 nitrogen and oxygen atoms in total. The van der Waals surface area contributed by atoms with Gasteiger partial charge in [-0.25, -0.2) is 9.97 Å². The first kappa shape index (κ1) is 34.6. The van der Waals surface area contributed by atoms with E-state index in [1.807, 2.05) is 11.8 Å². The van der Waals surface area contributed by atoms with Crippen LogP contribution in [0.15, 0.2) is 216 Å². The predicted octanol–water partition coefficient (Wildman–Crippen LogP) is 14.5. The summed E-state index contributed by atoms with van der Waals surface area (Å²) in [5.74, 6) is 0.939. The average Bonchev–Trinajstić information content (AvgIpc) is 3.81. The normalized spacial score (nSPS) is 15.6. The molecular weight excluding hydrogens is 759 g/mol. The third-order valence-corrected chi connectivity index (χ3v) is 14.3. The quantitative estimate of drug-likeness (QED) is 0.178. The van der Waals surface area contributed by atoms with Crippen molar-refractivity contribution in [2.45, 2.75) is 27.5 Å². The Labute approximate surface area is 358 Å². The number of hydrogen-bond acceptors (Lipinski definition) is 3. The molecule has 10 aromatic rings. The second kappa shape index (κ2) is 13.4. The van der Waals surface area contributed by atoms with Gasteiger partial charge in [0.2, 0.25) is 0 Å². The number of allylic oxidation sites excluding steroid dienone is 4. The van der Waals surface area contributed by atoms with Gasteiger partial charge >= 0.3 is 0 Å². The van der Waals surface area contributed by atoms with Crippen LogP contribution in [0.1, 0.15) is 40.3 Å². The zero-order valence-electron chi connectivity index (χ0n) is 33.2. The lowest BCUT2D eigenvalue weighted by Crippen LogP contribution is -2.31. The summed E-state index contributed by atoms with van der Waals surface area (Å²) in [4.78, 5) is 13.2. The molecule has 3 aliphatic rings. The molecule has 0 radical (unpaired) electrons. The minimum absolute atomic E-state index is 0.193. The number of para-hydroxylation sites is 1. The Morgan fingerprint density at radius 1 is 0.492 bits per heavy atom. The minimum Gasteiger partial charge on any atom is -0.309 e. The largest absolute Gasteiger partial charge is 0.309 e. The Kier molecular flexibility index (Phi) is 7.58. The van der Waals surface area contributed by atoms with E-state index in [1.165, 1.54) is 65.0 Å². The fourth-order valence-corrected chi connectivity index (χ4v) is 11.8. The molecule has 0 bridgehead atoms. The molecular formula is C57H37N3S. The summed E-state index contributed by atoms with van der Waals surface area (Å²) in [6, 6.07) is 67.1. The summed E-state index contributed by atoms with van der Waals surface area (Å²) >= 11 is 1.90. The molecule has 0 N–H and O–H groups in total. The van der Waals surface area contributed by atoms with Crippen LogP contribution in [0.25, 0.3) is 72.0 Å². The number of rotatable bonds is 4. The molecule has 0 saturated heterocycles. The molecule has 1 aliphatic heterocycles. The van der Waals surface area contributed by atoms with Crippen LogP contribution in [0.3, 0.4) is 0 Å². The molecule has 0 amide bonds. The van der Waals surface area contributed by atoms with Gasteiger partial charge in [0.15, 0.2) is 5.82 Å². The number of fused-ring (bicyclic) bond motifs is 13. The monoisotopic (exact) mass is 795 g/mol. The van der Waals surface area contributed by atoms with Crippen molar-refractivity contribution >= 4 is 44.3 Å². The van der Waals surface area contributed by atoms with E-state index in [2.05, 4.69) is 211 Å². The van der Waals surface area contributed by atoms with Gasteiger partial charge in [-0.15, -0.1) is 0 Å². The van der Waals surface area contributed by atoms with Gasteiger partial charge < -0.3 is 4.57 Å². The van der Waals surface area contributed by atoms with E-state index in [9.17, 15) is 0 Å². The van der Waals surface area contributed by atoms with Crippen molar-refractivity contribution in [3.63, 3.8) is 0 Å². The lowest BCUT2D eigenvalue weighted by molar-refractivity contribution is 0.724. The predicted molar refractivity (Wildman–Crippen MR) is 252 cm³/mol. The van der Waals surface area contributed by atoms with Crippen LogP contribution < -0.4 is 0 Å². The summed E-state index contributed by atoms with van der Waals surface area (Å²) in [6.07, 6.45) is 9.66. The number of nitrogens with zero attached hydrogens (tertiary/aromatic N) is 3. The fourth-order valence-electron chi connectivity index (χ4n) is 10.6. The van der Waals surface area contributed by atoms with E-state index >= 15 is 0 Å². The lowest BCUT2D eigenvalue weighted by atomic mass is 9.67. The van der Waals surface area contributed by atoms with Crippen molar-refractivity contribution in [1.29, 1.82) is 0 Å². The minimum atomic E-state index is -0.438. The molecule has 3 heterocycles. The van der Waals surface area contributed by atoms with Crippen molar-refractivity contribution in [3.8, 4) is 39.5 Å². The fraction of sp³-hybridized carbons (Fsp3) is 0.0526. The molecule has 0 fully saturated rings. The molecule has 1 unspecified atom stereocenters. The van der Waals surface area contributed by atoms with Crippen molar-refractivity contribution in [1.82, 2.24) is 14.5 Å². The standard InChI is InChI=1S/C57H37N3S/c1-3-17-36(18-4-1)49-34-50(37-19-5-2-6-20-37)59-56(58-49)43-31-32-52(41-24-8-7-21-38(41)43)60-51-29-15-11-25-42(51)44-33-48-55(35-53(44)60)61-54-30-16-14-28-47(54)57(48)45-26-12-9-22-39(45)40-23-10-13-27-46(40)57/h1-19,21-35,37H,20H2. The van der Waals surface area contributed by atoms with Gasteiger partial charge in [0.1, 0.15) is 0 Å². The van der Waals surface area contributed by atoms with Crippen molar-refractivity contribution < 1.29 is 0 Å². The molecule has 2 aromatic heterocycles. The summed E-state index contributed by atoms with van der Waals surface area (Å²) < 4.78 is 2.49. The van der Waals surface area contributed by atoms with E-state index in [0.29, 0.717) is 0 Å². The number of benzene rings is 8. The highest BCUT2D eigenvalue weighted by atomic mass is 32.2. The van der Waals surface area contributed by atoms with Gasteiger partial charge in [-0.05, 0) is 87.7 Å². The highest BCUT2D eigenvalue weighted by Gasteiger charge is 2.50. The third-order valence-electron chi connectivity index (χ3n) is 13.2. The van der Waals surface area contributed by atoms with Crippen molar-refractivity contribution in [2.75, 3.05) is 0 Å². The maximum Gasteiger partial charge on any atom is 0.160 e. The SMILES string of the molecule is C1=CCC(c2cc(-c3ccccc3)nc(-c3ccc(-n4c5ccccc5c5cc6c(cc54)Sc4ccccc4C64c5ccccc5-c5ccccc54)c4ccccc34)n2)C=C1.